The first-order valence-corrected chi connectivity index (χ1v) is 9.26. The molecule has 1 aliphatic heterocycles. The molecule has 3 rings (SSSR count). The molecule has 2 aromatic carbocycles. The molecule has 0 radical (unpaired) electrons. The highest BCUT2D eigenvalue weighted by Gasteiger charge is 2.31. The van der Waals surface area contributed by atoms with E-state index in [9.17, 15) is 0 Å². The van der Waals surface area contributed by atoms with Gasteiger partial charge in [0.15, 0.2) is 11.5 Å². The number of hydrogen-bond donors (Lipinski definition) is 0. The number of piperidine rings is 1. The fraction of sp³-hybridized carbons (Fsp3) is 0.455. The maximum Gasteiger partial charge on any atom is 0.160 e. The second kappa shape index (κ2) is 8.39. The van der Waals surface area contributed by atoms with E-state index in [1.54, 1.807) is 14.2 Å². The lowest BCUT2D eigenvalue weighted by molar-refractivity contribution is 0.189. The van der Waals surface area contributed by atoms with Crippen LogP contribution in [0.5, 0.6) is 11.5 Å². The number of benzene rings is 2. The van der Waals surface area contributed by atoms with E-state index in [0.29, 0.717) is 11.8 Å². The summed E-state index contributed by atoms with van der Waals surface area (Å²) in [5, 5.41) is 0. The quantitative estimate of drug-likeness (QED) is 0.762. The number of methoxy groups -OCH3 is 2. The first kappa shape index (κ1) is 17.8. The van der Waals surface area contributed by atoms with Crippen LogP contribution in [0.2, 0.25) is 0 Å². The molecule has 2 aromatic rings. The standard InChI is InChI=1S/C22H29NO2/c1-4-13-23-14-12-19(17-8-6-5-7-9-17)20(16-23)18-10-11-21(24-2)22(15-18)25-3/h5-11,15,19-20H,4,12-14,16H2,1-3H3/t19-,20+/m0/s1. The lowest BCUT2D eigenvalue weighted by Crippen LogP contribution is -2.38. The van der Waals surface area contributed by atoms with Gasteiger partial charge in [0.05, 0.1) is 14.2 Å². The number of hydrogen-bond acceptors (Lipinski definition) is 3. The van der Waals surface area contributed by atoms with Crippen molar-refractivity contribution in [2.24, 2.45) is 0 Å². The van der Waals surface area contributed by atoms with E-state index in [1.807, 2.05) is 6.07 Å². The Morgan fingerprint density at radius 2 is 1.68 bits per heavy atom. The smallest absolute Gasteiger partial charge is 0.160 e. The third kappa shape index (κ3) is 3.98. The maximum atomic E-state index is 5.54. The molecular formula is C22H29NO2. The van der Waals surface area contributed by atoms with Crippen LogP contribution >= 0.6 is 0 Å². The largest absolute Gasteiger partial charge is 0.493 e. The Kier molecular flexibility index (Phi) is 5.98. The molecule has 0 bridgehead atoms. The summed E-state index contributed by atoms with van der Waals surface area (Å²) in [7, 11) is 3.40. The van der Waals surface area contributed by atoms with Crippen LogP contribution in [0.4, 0.5) is 0 Å². The Bertz CT molecular complexity index is 671. The molecule has 0 aromatic heterocycles. The molecule has 0 spiro atoms. The first-order chi connectivity index (χ1) is 12.3. The van der Waals surface area contributed by atoms with Crippen LogP contribution in [-0.2, 0) is 0 Å². The number of ether oxygens (including phenoxy) is 2. The Balaban J connectivity index is 1.94. The normalized spacial score (nSPS) is 21.1. The van der Waals surface area contributed by atoms with Crippen LogP contribution in [0, 0.1) is 0 Å². The third-order valence-corrected chi connectivity index (χ3v) is 5.30. The van der Waals surface area contributed by atoms with Crippen molar-refractivity contribution in [1.82, 2.24) is 4.90 Å². The van der Waals surface area contributed by atoms with Crippen molar-refractivity contribution >= 4 is 0 Å². The molecule has 1 fully saturated rings. The van der Waals surface area contributed by atoms with Crippen LogP contribution in [0.3, 0.4) is 0 Å². The zero-order valence-electron chi connectivity index (χ0n) is 15.6. The molecule has 2 atom stereocenters. The summed E-state index contributed by atoms with van der Waals surface area (Å²) in [4.78, 5) is 2.60. The Morgan fingerprint density at radius 1 is 0.920 bits per heavy atom. The zero-order chi connectivity index (χ0) is 17.6. The van der Waals surface area contributed by atoms with Gasteiger partial charge in [-0.05, 0) is 55.1 Å². The summed E-state index contributed by atoms with van der Waals surface area (Å²) < 4.78 is 11.0. The zero-order valence-corrected chi connectivity index (χ0v) is 15.6. The number of likely N-dealkylation sites (tertiary alicyclic amines) is 1. The van der Waals surface area contributed by atoms with Crippen molar-refractivity contribution in [3.05, 3.63) is 59.7 Å². The van der Waals surface area contributed by atoms with Gasteiger partial charge in [-0.1, -0.05) is 43.3 Å². The Morgan fingerprint density at radius 3 is 2.36 bits per heavy atom. The summed E-state index contributed by atoms with van der Waals surface area (Å²) in [6.45, 7) is 5.71. The van der Waals surface area contributed by atoms with E-state index < -0.39 is 0 Å². The molecule has 0 aliphatic carbocycles. The van der Waals surface area contributed by atoms with Crippen molar-refractivity contribution in [3.63, 3.8) is 0 Å². The van der Waals surface area contributed by atoms with E-state index in [-0.39, 0.29) is 0 Å². The molecule has 0 saturated carbocycles. The van der Waals surface area contributed by atoms with E-state index in [4.69, 9.17) is 9.47 Å². The highest BCUT2D eigenvalue weighted by atomic mass is 16.5. The SMILES string of the molecule is CCCN1CC[C@@H](c2ccccc2)[C@@H](c2ccc(OC)c(OC)c2)C1. The van der Waals surface area contributed by atoms with Gasteiger partial charge in [0.25, 0.3) is 0 Å². The van der Waals surface area contributed by atoms with Crippen molar-refractivity contribution in [1.29, 1.82) is 0 Å². The van der Waals surface area contributed by atoms with Gasteiger partial charge in [-0.2, -0.15) is 0 Å². The third-order valence-electron chi connectivity index (χ3n) is 5.30. The predicted molar refractivity (Wildman–Crippen MR) is 103 cm³/mol. The lowest BCUT2D eigenvalue weighted by Gasteiger charge is -2.39. The minimum Gasteiger partial charge on any atom is -0.493 e. The van der Waals surface area contributed by atoms with Crippen LogP contribution in [0.25, 0.3) is 0 Å². The summed E-state index contributed by atoms with van der Waals surface area (Å²) >= 11 is 0. The monoisotopic (exact) mass is 339 g/mol. The fourth-order valence-electron chi connectivity index (χ4n) is 4.06. The summed E-state index contributed by atoms with van der Waals surface area (Å²) in [5.74, 6) is 2.64. The van der Waals surface area contributed by atoms with Gasteiger partial charge < -0.3 is 14.4 Å². The van der Waals surface area contributed by atoms with Gasteiger partial charge in [0, 0.05) is 12.5 Å². The second-order valence-corrected chi connectivity index (χ2v) is 6.83. The second-order valence-electron chi connectivity index (χ2n) is 6.83. The molecule has 25 heavy (non-hydrogen) atoms. The molecule has 0 unspecified atom stereocenters. The van der Waals surface area contributed by atoms with E-state index in [2.05, 4.69) is 54.3 Å². The Labute approximate surface area is 151 Å². The highest BCUT2D eigenvalue weighted by Crippen LogP contribution is 2.42. The fourth-order valence-corrected chi connectivity index (χ4v) is 4.06. The highest BCUT2D eigenvalue weighted by molar-refractivity contribution is 5.45. The molecular weight excluding hydrogens is 310 g/mol. The average molecular weight is 339 g/mol. The number of nitrogens with zero attached hydrogens (tertiary/aromatic N) is 1. The summed E-state index contributed by atoms with van der Waals surface area (Å²) in [5.41, 5.74) is 2.78. The first-order valence-electron chi connectivity index (χ1n) is 9.26. The van der Waals surface area contributed by atoms with Crippen molar-refractivity contribution in [2.75, 3.05) is 33.9 Å². The summed E-state index contributed by atoms with van der Waals surface area (Å²) in [6.07, 6.45) is 2.40. The van der Waals surface area contributed by atoms with Crippen molar-refractivity contribution in [2.45, 2.75) is 31.6 Å². The minimum absolute atomic E-state index is 0.475. The van der Waals surface area contributed by atoms with Crippen LogP contribution < -0.4 is 9.47 Å². The van der Waals surface area contributed by atoms with Gasteiger partial charge >= 0.3 is 0 Å². The molecule has 0 N–H and O–H groups in total. The van der Waals surface area contributed by atoms with E-state index >= 15 is 0 Å². The number of rotatable bonds is 6. The van der Waals surface area contributed by atoms with E-state index in [0.717, 1.165) is 18.0 Å². The van der Waals surface area contributed by atoms with Crippen LogP contribution in [-0.4, -0.2) is 38.8 Å². The van der Waals surface area contributed by atoms with Gasteiger partial charge in [0.1, 0.15) is 0 Å². The molecule has 3 nitrogen and oxygen atoms in total. The predicted octanol–water partition coefficient (Wildman–Crippen LogP) is 4.69. The van der Waals surface area contributed by atoms with E-state index in [1.165, 1.54) is 37.1 Å². The van der Waals surface area contributed by atoms with Crippen LogP contribution in [0.1, 0.15) is 42.7 Å². The molecule has 134 valence electrons. The van der Waals surface area contributed by atoms with Crippen LogP contribution in [0.15, 0.2) is 48.5 Å². The van der Waals surface area contributed by atoms with Crippen molar-refractivity contribution < 1.29 is 9.47 Å². The lowest BCUT2D eigenvalue weighted by atomic mass is 9.76. The topological polar surface area (TPSA) is 21.7 Å². The van der Waals surface area contributed by atoms with Gasteiger partial charge in [-0.3, -0.25) is 0 Å². The molecule has 1 heterocycles. The average Bonchev–Trinajstić information content (AvgIpc) is 2.68. The summed E-state index contributed by atoms with van der Waals surface area (Å²) in [6, 6.07) is 17.4. The van der Waals surface area contributed by atoms with Gasteiger partial charge in [0.2, 0.25) is 0 Å². The van der Waals surface area contributed by atoms with Crippen molar-refractivity contribution in [3.8, 4) is 11.5 Å². The molecule has 0 amide bonds. The molecule has 3 heteroatoms. The minimum atomic E-state index is 0.475. The van der Waals surface area contributed by atoms with Gasteiger partial charge in [-0.25, -0.2) is 0 Å². The van der Waals surface area contributed by atoms with Gasteiger partial charge in [-0.15, -0.1) is 0 Å². The molecule has 1 aliphatic rings. The molecule has 1 saturated heterocycles. The maximum absolute atomic E-state index is 5.54. The Hall–Kier alpha value is -2.00.